The van der Waals surface area contributed by atoms with E-state index in [4.69, 9.17) is 9.47 Å². The van der Waals surface area contributed by atoms with E-state index in [1.165, 1.54) is 0 Å². The van der Waals surface area contributed by atoms with E-state index in [-0.39, 0.29) is 12.0 Å². The van der Waals surface area contributed by atoms with E-state index in [0.717, 1.165) is 36.4 Å². The van der Waals surface area contributed by atoms with Gasteiger partial charge < -0.3 is 14.4 Å². The Labute approximate surface area is 149 Å². The van der Waals surface area contributed by atoms with E-state index in [1.807, 2.05) is 37.3 Å². The molecule has 1 saturated heterocycles. The Kier molecular flexibility index (Phi) is 5.94. The number of nitrogens with zero attached hydrogens (tertiary/aromatic N) is 1. The molecule has 0 N–H and O–H groups in total. The molecule has 0 bridgehead atoms. The van der Waals surface area contributed by atoms with Crippen LogP contribution in [0.5, 0.6) is 5.75 Å². The van der Waals surface area contributed by atoms with Gasteiger partial charge in [0.15, 0.2) is 0 Å². The number of hydrogen-bond acceptors (Lipinski definition) is 4. The molecule has 0 amide bonds. The van der Waals surface area contributed by atoms with Crippen LogP contribution in [0.3, 0.4) is 0 Å². The van der Waals surface area contributed by atoms with Crippen LogP contribution in [0.2, 0.25) is 0 Å². The average molecular weight is 339 g/mol. The Hall–Kier alpha value is -2.49. The minimum Gasteiger partial charge on any atom is -0.489 e. The summed E-state index contributed by atoms with van der Waals surface area (Å²) in [5.74, 6) is 0.746. The number of ether oxygens (including phenoxy) is 2. The normalized spacial score (nSPS) is 16.7. The molecule has 0 aromatic heterocycles. The Morgan fingerprint density at radius 1 is 1.12 bits per heavy atom. The van der Waals surface area contributed by atoms with Crippen molar-refractivity contribution in [2.75, 3.05) is 18.1 Å². The summed E-state index contributed by atoms with van der Waals surface area (Å²) in [6.45, 7) is 3.83. The van der Waals surface area contributed by atoms with Gasteiger partial charge in [-0.25, -0.2) is 0 Å². The van der Waals surface area contributed by atoms with Gasteiger partial charge in [0.2, 0.25) is 0 Å². The number of esters is 1. The molecule has 1 atom stereocenters. The van der Waals surface area contributed by atoms with E-state index in [0.29, 0.717) is 19.6 Å². The molecule has 1 unspecified atom stereocenters. The predicted molar refractivity (Wildman–Crippen MR) is 98.8 cm³/mol. The second-order valence-electron chi connectivity index (χ2n) is 6.27. The summed E-state index contributed by atoms with van der Waals surface area (Å²) >= 11 is 0. The van der Waals surface area contributed by atoms with Crippen LogP contribution < -0.4 is 9.64 Å². The summed E-state index contributed by atoms with van der Waals surface area (Å²) in [5, 5.41) is 0. The van der Waals surface area contributed by atoms with Gasteiger partial charge in [0.05, 0.1) is 13.0 Å². The molecule has 1 aliphatic heterocycles. The number of hydrogen-bond donors (Lipinski definition) is 0. The maximum absolute atomic E-state index is 11.8. The Morgan fingerprint density at radius 3 is 2.60 bits per heavy atom. The maximum Gasteiger partial charge on any atom is 0.307 e. The second kappa shape index (κ2) is 8.56. The predicted octanol–water partition coefficient (Wildman–Crippen LogP) is 4.19. The van der Waals surface area contributed by atoms with Crippen molar-refractivity contribution in [3.8, 4) is 5.75 Å². The van der Waals surface area contributed by atoms with Crippen molar-refractivity contribution < 1.29 is 14.3 Å². The molecular formula is C21H25NO3. The molecular weight excluding hydrogens is 314 g/mol. The molecule has 0 radical (unpaired) electrons. The molecule has 2 aromatic carbocycles. The van der Waals surface area contributed by atoms with Gasteiger partial charge in [0.25, 0.3) is 0 Å². The zero-order chi connectivity index (χ0) is 17.5. The highest BCUT2D eigenvalue weighted by atomic mass is 16.5. The molecule has 1 heterocycles. The van der Waals surface area contributed by atoms with Gasteiger partial charge >= 0.3 is 5.97 Å². The van der Waals surface area contributed by atoms with E-state index in [9.17, 15) is 4.79 Å². The lowest BCUT2D eigenvalue weighted by atomic mass is 10.1. The highest BCUT2D eigenvalue weighted by molar-refractivity contribution is 5.71. The largest absolute Gasteiger partial charge is 0.489 e. The van der Waals surface area contributed by atoms with Gasteiger partial charge in [-0.3, -0.25) is 4.79 Å². The number of carbonyl (C=O) groups is 1. The SMILES string of the molecule is CCOC(=O)CC1CCCN1c1ccc(OCc2ccccc2)cc1. The fourth-order valence-corrected chi connectivity index (χ4v) is 3.27. The van der Waals surface area contributed by atoms with Crippen LogP contribution in [0.15, 0.2) is 54.6 Å². The van der Waals surface area contributed by atoms with E-state index < -0.39 is 0 Å². The van der Waals surface area contributed by atoms with Crippen molar-refractivity contribution in [3.05, 3.63) is 60.2 Å². The third-order valence-electron chi connectivity index (χ3n) is 4.50. The van der Waals surface area contributed by atoms with Gasteiger partial charge in [-0.05, 0) is 49.6 Å². The Bertz CT molecular complexity index is 669. The molecule has 0 saturated carbocycles. The van der Waals surface area contributed by atoms with Crippen LogP contribution in [0.4, 0.5) is 5.69 Å². The molecule has 3 rings (SSSR count). The first kappa shape index (κ1) is 17.3. The maximum atomic E-state index is 11.8. The summed E-state index contributed by atoms with van der Waals surface area (Å²) in [6, 6.07) is 18.5. The molecule has 132 valence electrons. The summed E-state index contributed by atoms with van der Waals surface area (Å²) < 4.78 is 10.9. The van der Waals surface area contributed by atoms with Gasteiger partial charge in [-0.1, -0.05) is 30.3 Å². The Balaban J connectivity index is 1.58. The lowest BCUT2D eigenvalue weighted by Crippen LogP contribution is -2.31. The highest BCUT2D eigenvalue weighted by Crippen LogP contribution is 2.29. The topological polar surface area (TPSA) is 38.8 Å². The first-order chi connectivity index (χ1) is 12.3. The van der Waals surface area contributed by atoms with Crippen molar-refractivity contribution in [3.63, 3.8) is 0 Å². The first-order valence-electron chi connectivity index (χ1n) is 8.95. The van der Waals surface area contributed by atoms with Gasteiger partial charge in [-0.15, -0.1) is 0 Å². The standard InChI is InChI=1S/C21H25NO3/c1-2-24-21(23)15-19-9-6-14-22(19)18-10-12-20(13-11-18)25-16-17-7-4-3-5-8-17/h3-5,7-8,10-13,19H,2,6,9,14-16H2,1H3. The molecule has 4 heteroatoms. The smallest absolute Gasteiger partial charge is 0.307 e. The number of carbonyl (C=O) groups excluding carboxylic acids is 1. The Morgan fingerprint density at radius 2 is 1.88 bits per heavy atom. The molecule has 2 aromatic rings. The monoisotopic (exact) mass is 339 g/mol. The van der Waals surface area contributed by atoms with Gasteiger partial charge in [-0.2, -0.15) is 0 Å². The molecule has 0 spiro atoms. The van der Waals surface area contributed by atoms with Crippen LogP contribution in [0, 0.1) is 0 Å². The van der Waals surface area contributed by atoms with E-state index >= 15 is 0 Å². The number of benzene rings is 2. The minimum atomic E-state index is -0.109. The van der Waals surface area contributed by atoms with E-state index in [1.54, 1.807) is 0 Å². The van der Waals surface area contributed by atoms with Crippen LogP contribution in [0.25, 0.3) is 0 Å². The molecule has 1 fully saturated rings. The van der Waals surface area contributed by atoms with Crippen LogP contribution in [-0.4, -0.2) is 25.2 Å². The van der Waals surface area contributed by atoms with Crippen LogP contribution >= 0.6 is 0 Å². The fraction of sp³-hybridized carbons (Fsp3) is 0.381. The van der Waals surface area contributed by atoms with Crippen molar-refractivity contribution in [2.45, 2.75) is 38.8 Å². The number of rotatable bonds is 7. The van der Waals surface area contributed by atoms with Gasteiger partial charge in [0.1, 0.15) is 12.4 Å². The zero-order valence-corrected chi connectivity index (χ0v) is 14.7. The van der Waals surface area contributed by atoms with Crippen molar-refractivity contribution in [2.24, 2.45) is 0 Å². The van der Waals surface area contributed by atoms with Crippen LogP contribution in [-0.2, 0) is 16.1 Å². The summed E-state index contributed by atoms with van der Waals surface area (Å²) in [5.41, 5.74) is 2.29. The van der Waals surface area contributed by atoms with E-state index in [2.05, 4.69) is 29.2 Å². The lowest BCUT2D eigenvalue weighted by Gasteiger charge is -2.26. The third kappa shape index (κ3) is 4.75. The van der Waals surface area contributed by atoms with Crippen LogP contribution in [0.1, 0.15) is 31.7 Å². The molecule has 4 nitrogen and oxygen atoms in total. The first-order valence-corrected chi connectivity index (χ1v) is 8.95. The summed E-state index contributed by atoms with van der Waals surface area (Å²) in [7, 11) is 0. The summed E-state index contributed by atoms with van der Waals surface area (Å²) in [6.07, 6.45) is 2.60. The highest BCUT2D eigenvalue weighted by Gasteiger charge is 2.27. The fourth-order valence-electron chi connectivity index (χ4n) is 3.27. The zero-order valence-electron chi connectivity index (χ0n) is 14.7. The number of anilines is 1. The quantitative estimate of drug-likeness (QED) is 0.709. The average Bonchev–Trinajstić information content (AvgIpc) is 3.09. The second-order valence-corrected chi connectivity index (χ2v) is 6.27. The van der Waals surface area contributed by atoms with Crippen molar-refractivity contribution in [1.29, 1.82) is 0 Å². The van der Waals surface area contributed by atoms with Gasteiger partial charge in [0, 0.05) is 18.3 Å². The summed E-state index contributed by atoms with van der Waals surface area (Å²) in [4.78, 5) is 14.1. The third-order valence-corrected chi connectivity index (χ3v) is 4.50. The molecule has 0 aliphatic carbocycles. The van der Waals surface area contributed by atoms with Crippen molar-refractivity contribution in [1.82, 2.24) is 0 Å². The molecule has 1 aliphatic rings. The minimum absolute atomic E-state index is 0.109. The molecule has 25 heavy (non-hydrogen) atoms. The van der Waals surface area contributed by atoms with Crippen molar-refractivity contribution >= 4 is 11.7 Å². The lowest BCUT2D eigenvalue weighted by molar-refractivity contribution is -0.143.